The number of rotatable bonds is 2. The number of carbonyl (C=O) groups is 1. The molecule has 5 aliphatic carbocycles. The summed E-state index contributed by atoms with van der Waals surface area (Å²) in [6.45, 7) is 14.4. The topological polar surface area (TPSA) is 102 Å². The summed E-state index contributed by atoms with van der Waals surface area (Å²) in [5, 5.41) is 23.2. The number of aliphatic hydroxyl groups excluding tert-OH is 2. The van der Waals surface area contributed by atoms with E-state index in [-0.39, 0.29) is 57.4 Å². The SMILES string of the molecule is C[C@@H]1C[C@H](COC(N)=O)O[C@H]2[C@H]1[C@@]1(C)CC[C@@]34C[C@@]35CC[C@H](O)C(C)(C)[C@]5(C)CC[C@H]4[C@]1(C)[C@H]2O. The first-order chi connectivity index (χ1) is 16.2. The second-order valence-corrected chi connectivity index (χ2v) is 14.9. The van der Waals surface area contributed by atoms with E-state index >= 15 is 0 Å². The van der Waals surface area contributed by atoms with E-state index in [1.54, 1.807) is 0 Å². The fraction of sp³-hybridized carbons (Fsp3) is 0.966. The molecule has 198 valence electrons. The van der Waals surface area contributed by atoms with Gasteiger partial charge in [-0.15, -0.1) is 0 Å². The maximum absolute atomic E-state index is 12.1. The minimum Gasteiger partial charge on any atom is -0.447 e. The van der Waals surface area contributed by atoms with Crippen LogP contribution in [0.5, 0.6) is 0 Å². The monoisotopic (exact) mass is 489 g/mol. The van der Waals surface area contributed by atoms with Crippen molar-refractivity contribution in [2.75, 3.05) is 6.61 Å². The predicted molar refractivity (Wildman–Crippen MR) is 132 cm³/mol. The van der Waals surface area contributed by atoms with Crippen molar-refractivity contribution in [2.24, 2.45) is 56.0 Å². The van der Waals surface area contributed by atoms with Crippen molar-refractivity contribution in [3.05, 3.63) is 0 Å². The van der Waals surface area contributed by atoms with E-state index in [0.717, 1.165) is 38.5 Å². The minimum atomic E-state index is -0.769. The zero-order valence-corrected chi connectivity index (χ0v) is 22.6. The maximum Gasteiger partial charge on any atom is 0.404 e. The molecule has 6 nitrogen and oxygen atoms in total. The highest BCUT2D eigenvalue weighted by Crippen LogP contribution is 2.92. The summed E-state index contributed by atoms with van der Waals surface area (Å²) < 4.78 is 11.6. The third kappa shape index (κ3) is 2.51. The van der Waals surface area contributed by atoms with E-state index in [4.69, 9.17) is 15.2 Å². The lowest BCUT2D eigenvalue weighted by molar-refractivity contribution is -0.214. The molecule has 0 aromatic heterocycles. The van der Waals surface area contributed by atoms with Gasteiger partial charge in [0.1, 0.15) is 6.61 Å². The molecule has 6 rings (SSSR count). The second-order valence-electron chi connectivity index (χ2n) is 14.9. The first kappa shape index (κ1) is 24.5. The van der Waals surface area contributed by atoms with Gasteiger partial charge in [0.2, 0.25) is 0 Å². The van der Waals surface area contributed by atoms with Gasteiger partial charge in [0.15, 0.2) is 0 Å². The van der Waals surface area contributed by atoms with Crippen LogP contribution in [0.3, 0.4) is 0 Å². The van der Waals surface area contributed by atoms with E-state index in [9.17, 15) is 15.0 Å². The first-order valence-corrected chi connectivity index (χ1v) is 14.2. The van der Waals surface area contributed by atoms with Crippen molar-refractivity contribution in [2.45, 2.75) is 117 Å². The maximum atomic E-state index is 12.1. The molecule has 6 fully saturated rings. The van der Waals surface area contributed by atoms with Gasteiger partial charge < -0.3 is 25.4 Å². The molecule has 0 aromatic carbocycles. The Morgan fingerprint density at radius 2 is 1.77 bits per heavy atom. The molecule has 35 heavy (non-hydrogen) atoms. The highest BCUT2D eigenvalue weighted by molar-refractivity contribution is 5.64. The molecule has 2 spiro atoms. The Morgan fingerprint density at radius 1 is 1.06 bits per heavy atom. The summed E-state index contributed by atoms with van der Waals surface area (Å²) in [7, 11) is 0. The van der Waals surface area contributed by atoms with Crippen LogP contribution in [0.15, 0.2) is 0 Å². The van der Waals surface area contributed by atoms with Crippen molar-refractivity contribution < 1.29 is 24.5 Å². The van der Waals surface area contributed by atoms with Gasteiger partial charge in [-0.25, -0.2) is 4.79 Å². The molecule has 0 radical (unpaired) electrons. The highest BCUT2D eigenvalue weighted by Gasteiger charge is 2.87. The van der Waals surface area contributed by atoms with Gasteiger partial charge in [-0.2, -0.15) is 0 Å². The van der Waals surface area contributed by atoms with E-state index < -0.39 is 12.2 Å². The molecule has 1 heterocycles. The number of hydrogen-bond donors (Lipinski definition) is 3. The van der Waals surface area contributed by atoms with Crippen molar-refractivity contribution in [1.82, 2.24) is 0 Å². The lowest BCUT2D eigenvalue weighted by atomic mass is 9.38. The Bertz CT molecular complexity index is 938. The average molecular weight is 490 g/mol. The van der Waals surface area contributed by atoms with Crippen LogP contribution in [0.25, 0.3) is 0 Å². The molecule has 6 heteroatoms. The van der Waals surface area contributed by atoms with Crippen molar-refractivity contribution in [3.8, 4) is 0 Å². The standard InChI is InChI=1S/C29H47NO5/c1-16-13-17(14-34-23(30)33)35-21-20(16)25(4)11-12-28-15-29(28)10-8-19(31)24(2,3)26(29,5)9-7-18(28)27(25,6)22(21)32/h16-22,31-32H,7-15H2,1-6H3,(H2,30,33)/t16-,17-,18+,19+,20+,21+,22+,25-,26+,27-,28+,29-/m1/s1. The quantitative estimate of drug-likeness (QED) is 0.524. The van der Waals surface area contributed by atoms with Crippen LogP contribution in [0.2, 0.25) is 0 Å². The Kier molecular flexibility index (Phi) is 4.87. The van der Waals surface area contributed by atoms with Gasteiger partial charge in [0, 0.05) is 5.41 Å². The van der Waals surface area contributed by atoms with Crippen LogP contribution < -0.4 is 5.73 Å². The smallest absolute Gasteiger partial charge is 0.404 e. The molecule has 5 saturated carbocycles. The number of nitrogens with two attached hydrogens (primary N) is 1. The fourth-order valence-corrected chi connectivity index (χ4v) is 12.0. The third-order valence-electron chi connectivity index (χ3n) is 14.3. The fourth-order valence-electron chi connectivity index (χ4n) is 12.0. The largest absolute Gasteiger partial charge is 0.447 e. The number of amides is 1. The molecule has 0 aromatic rings. The molecule has 0 bridgehead atoms. The Hall–Kier alpha value is -0.850. The summed E-state index contributed by atoms with van der Waals surface area (Å²) in [5.74, 6) is 1.17. The zero-order valence-electron chi connectivity index (χ0n) is 22.6. The number of carbonyl (C=O) groups excluding carboxylic acids is 1. The van der Waals surface area contributed by atoms with Crippen LogP contribution in [0.1, 0.15) is 92.9 Å². The third-order valence-corrected chi connectivity index (χ3v) is 14.3. The van der Waals surface area contributed by atoms with Crippen molar-refractivity contribution >= 4 is 6.09 Å². The summed E-state index contributed by atoms with van der Waals surface area (Å²) in [6, 6.07) is 0. The van der Waals surface area contributed by atoms with Crippen LogP contribution in [-0.4, -0.2) is 47.3 Å². The van der Waals surface area contributed by atoms with Crippen LogP contribution in [0.4, 0.5) is 4.79 Å². The van der Waals surface area contributed by atoms with Crippen LogP contribution in [-0.2, 0) is 9.47 Å². The van der Waals surface area contributed by atoms with Crippen molar-refractivity contribution in [1.29, 1.82) is 0 Å². The molecule has 6 aliphatic rings. The summed E-state index contributed by atoms with van der Waals surface area (Å²) in [5.41, 5.74) is 5.63. The summed E-state index contributed by atoms with van der Waals surface area (Å²) in [4.78, 5) is 11.2. The lowest BCUT2D eigenvalue weighted by Crippen LogP contribution is -2.63. The van der Waals surface area contributed by atoms with Gasteiger partial charge in [-0.05, 0) is 96.2 Å². The first-order valence-electron chi connectivity index (χ1n) is 14.2. The molecule has 1 amide bonds. The number of aliphatic hydroxyl groups is 2. The molecule has 4 N–H and O–H groups in total. The predicted octanol–water partition coefficient (Wildman–Crippen LogP) is 4.65. The molecular formula is C29H47NO5. The molecule has 12 atom stereocenters. The highest BCUT2D eigenvalue weighted by atomic mass is 16.6. The number of fused-ring (bicyclic) bond motifs is 4. The van der Waals surface area contributed by atoms with Gasteiger partial charge >= 0.3 is 6.09 Å². The summed E-state index contributed by atoms with van der Waals surface area (Å²) in [6.07, 6.45) is 6.78. The Morgan fingerprint density at radius 3 is 2.46 bits per heavy atom. The zero-order chi connectivity index (χ0) is 25.4. The Labute approximate surface area is 210 Å². The van der Waals surface area contributed by atoms with Gasteiger partial charge in [0.05, 0.1) is 24.4 Å². The molecule has 1 saturated heterocycles. The second kappa shape index (κ2) is 6.96. The minimum absolute atomic E-state index is 0.0170. The normalized spacial score (nSPS) is 59.8. The lowest BCUT2D eigenvalue weighted by Gasteiger charge is -2.67. The molecule has 1 aliphatic heterocycles. The van der Waals surface area contributed by atoms with Crippen LogP contribution in [0, 0.1) is 50.2 Å². The number of primary amides is 1. The van der Waals surface area contributed by atoms with E-state index in [1.807, 2.05) is 0 Å². The van der Waals surface area contributed by atoms with E-state index in [1.165, 1.54) is 12.8 Å². The number of ether oxygens (including phenoxy) is 2. The van der Waals surface area contributed by atoms with Gasteiger partial charge in [-0.3, -0.25) is 0 Å². The van der Waals surface area contributed by atoms with Crippen LogP contribution >= 0.6 is 0 Å². The van der Waals surface area contributed by atoms with E-state index in [0.29, 0.717) is 17.8 Å². The van der Waals surface area contributed by atoms with Crippen molar-refractivity contribution in [3.63, 3.8) is 0 Å². The molecule has 0 unspecified atom stereocenters. The van der Waals surface area contributed by atoms with Gasteiger partial charge in [-0.1, -0.05) is 41.5 Å². The van der Waals surface area contributed by atoms with Gasteiger partial charge in [0.25, 0.3) is 0 Å². The number of hydrogen-bond acceptors (Lipinski definition) is 5. The van der Waals surface area contributed by atoms with E-state index in [2.05, 4.69) is 41.5 Å². The average Bonchev–Trinajstić information content (AvgIpc) is 3.42. The Balaban J connectivity index is 1.36. The summed E-state index contributed by atoms with van der Waals surface area (Å²) >= 11 is 0. The molecular weight excluding hydrogens is 442 g/mol.